The fourth-order valence-electron chi connectivity index (χ4n) is 1.43. The molecule has 1 aromatic rings. The normalized spacial score (nSPS) is 12.3. The van der Waals surface area contributed by atoms with Crippen molar-refractivity contribution in [1.29, 1.82) is 0 Å². The maximum absolute atomic E-state index is 5.52. The lowest BCUT2D eigenvalue weighted by atomic mass is 10.3. The number of hydrogen-bond acceptors (Lipinski definition) is 7. The minimum Gasteiger partial charge on any atom is -0.463 e. The van der Waals surface area contributed by atoms with Gasteiger partial charge in [0.15, 0.2) is 0 Å². The Kier molecular flexibility index (Phi) is 7.74. The van der Waals surface area contributed by atoms with Crippen LogP contribution in [-0.4, -0.2) is 59.7 Å². The van der Waals surface area contributed by atoms with Crippen LogP contribution in [0.2, 0.25) is 0 Å². The summed E-state index contributed by atoms with van der Waals surface area (Å²) in [6, 6.07) is 0.749. The molecule has 0 amide bonds. The van der Waals surface area contributed by atoms with E-state index in [1.54, 1.807) is 0 Å². The van der Waals surface area contributed by atoms with E-state index in [2.05, 4.69) is 51.3 Å². The Balaban J connectivity index is 2.74. The van der Waals surface area contributed by atoms with Gasteiger partial charge in [-0.3, -0.25) is 0 Å². The van der Waals surface area contributed by atoms with E-state index in [1.807, 2.05) is 14.1 Å². The second kappa shape index (κ2) is 9.33. The molecule has 0 spiro atoms. The molecule has 0 aliphatic carbocycles. The van der Waals surface area contributed by atoms with E-state index in [9.17, 15) is 0 Å². The van der Waals surface area contributed by atoms with Crippen LogP contribution in [0.5, 0.6) is 6.01 Å². The van der Waals surface area contributed by atoms with Gasteiger partial charge in [-0.15, -0.1) is 0 Å². The minimum atomic E-state index is 0.366. The van der Waals surface area contributed by atoms with Gasteiger partial charge in [0.25, 0.3) is 0 Å². The Labute approximate surface area is 127 Å². The van der Waals surface area contributed by atoms with Gasteiger partial charge in [0.1, 0.15) is 0 Å². The molecular weight excluding hydrogens is 268 g/mol. The van der Waals surface area contributed by atoms with Crippen LogP contribution < -0.4 is 15.4 Å². The summed E-state index contributed by atoms with van der Waals surface area (Å²) in [5, 5.41) is 6.40. The molecule has 120 valence electrons. The van der Waals surface area contributed by atoms with E-state index in [0.717, 1.165) is 25.9 Å². The summed E-state index contributed by atoms with van der Waals surface area (Å²) in [7, 11) is 4.09. The van der Waals surface area contributed by atoms with Crippen molar-refractivity contribution in [1.82, 2.24) is 19.9 Å². The van der Waals surface area contributed by atoms with Crippen LogP contribution in [0, 0.1) is 0 Å². The van der Waals surface area contributed by atoms with Gasteiger partial charge >= 0.3 is 6.01 Å². The quantitative estimate of drug-likeness (QED) is 0.682. The second-order valence-corrected chi connectivity index (χ2v) is 5.23. The van der Waals surface area contributed by atoms with Crippen molar-refractivity contribution in [3.05, 3.63) is 0 Å². The summed E-state index contributed by atoms with van der Waals surface area (Å²) in [4.78, 5) is 15.1. The smallest absolute Gasteiger partial charge is 0.323 e. The molecule has 0 fully saturated rings. The topological polar surface area (TPSA) is 75.2 Å². The average Bonchev–Trinajstić information content (AvgIpc) is 2.48. The van der Waals surface area contributed by atoms with Crippen LogP contribution in [0.1, 0.15) is 33.6 Å². The first-order valence-corrected chi connectivity index (χ1v) is 7.59. The number of nitrogens with zero attached hydrogens (tertiary/aromatic N) is 4. The molecule has 0 aliphatic rings. The Morgan fingerprint density at radius 3 is 2.29 bits per heavy atom. The van der Waals surface area contributed by atoms with E-state index in [4.69, 9.17) is 4.74 Å². The fourth-order valence-corrected chi connectivity index (χ4v) is 1.43. The summed E-state index contributed by atoms with van der Waals surface area (Å²) < 4.78 is 5.52. The highest BCUT2D eigenvalue weighted by atomic mass is 16.5. The molecule has 1 atom stereocenters. The summed E-state index contributed by atoms with van der Waals surface area (Å²) in [6.07, 6.45) is 1.93. The number of ether oxygens (including phenoxy) is 1. The van der Waals surface area contributed by atoms with Crippen LogP contribution in [0.4, 0.5) is 11.9 Å². The molecule has 0 bridgehead atoms. The number of anilines is 2. The van der Waals surface area contributed by atoms with E-state index < -0.39 is 0 Å². The van der Waals surface area contributed by atoms with Crippen molar-refractivity contribution in [2.75, 3.05) is 44.4 Å². The first-order chi connectivity index (χ1) is 10.1. The lowest BCUT2D eigenvalue weighted by molar-refractivity contribution is 0.292. The number of likely N-dealkylation sites (N-methyl/N-ethyl adjacent to an activating group) is 1. The lowest BCUT2D eigenvalue weighted by Gasteiger charge is -2.20. The third-order valence-corrected chi connectivity index (χ3v) is 3.02. The molecule has 1 unspecified atom stereocenters. The molecule has 0 aromatic carbocycles. The van der Waals surface area contributed by atoms with Gasteiger partial charge in [-0.05, 0) is 33.9 Å². The van der Waals surface area contributed by atoms with Crippen molar-refractivity contribution in [2.45, 2.75) is 39.7 Å². The average molecular weight is 296 g/mol. The summed E-state index contributed by atoms with van der Waals surface area (Å²) >= 11 is 0. The third-order valence-electron chi connectivity index (χ3n) is 3.02. The zero-order valence-corrected chi connectivity index (χ0v) is 13.8. The number of nitrogens with one attached hydrogen (secondary N) is 2. The Bertz CT molecular complexity index is 386. The Morgan fingerprint density at radius 2 is 1.71 bits per heavy atom. The second-order valence-electron chi connectivity index (χ2n) is 5.23. The van der Waals surface area contributed by atoms with Gasteiger partial charge < -0.3 is 20.3 Å². The van der Waals surface area contributed by atoms with Crippen LogP contribution in [-0.2, 0) is 0 Å². The molecule has 0 saturated carbocycles. The van der Waals surface area contributed by atoms with Gasteiger partial charge in [0, 0.05) is 19.1 Å². The maximum Gasteiger partial charge on any atom is 0.323 e. The number of rotatable bonds is 10. The minimum absolute atomic E-state index is 0.366. The first-order valence-electron chi connectivity index (χ1n) is 7.59. The molecule has 0 saturated heterocycles. The maximum atomic E-state index is 5.52. The summed E-state index contributed by atoms with van der Waals surface area (Å²) in [5.74, 6) is 1.10. The van der Waals surface area contributed by atoms with Crippen LogP contribution >= 0.6 is 0 Å². The molecule has 0 radical (unpaired) electrons. The zero-order valence-electron chi connectivity index (χ0n) is 13.8. The summed E-state index contributed by atoms with van der Waals surface area (Å²) in [5.41, 5.74) is 0. The van der Waals surface area contributed by atoms with Crippen LogP contribution in [0.15, 0.2) is 0 Å². The SMILES string of the molecule is CCCNc1nc(NCC(C)N(C)C)nc(OCCC)n1. The van der Waals surface area contributed by atoms with Gasteiger partial charge in [0.05, 0.1) is 6.61 Å². The van der Waals surface area contributed by atoms with E-state index in [0.29, 0.717) is 30.6 Å². The molecule has 7 nitrogen and oxygen atoms in total. The predicted molar refractivity (Wildman–Crippen MR) is 86.0 cm³/mol. The standard InChI is InChI=1S/C14H28N6O/c1-6-8-15-12-17-13(16-10-11(3)20(4)5)19-14(18-12)21-9-7-2/h11H,6-10H2,1-5H3,(H2,15,16,17,18,19). The monoisotopic (exact) mass is 296 g/mol. The third kappa shape index (κ3) is 6.57. The van der Waals surface area contributed by atoms with Gasteiger partial charge in [-0.25, -0.2) is 0 Å². The fraction of sp³-hybridized carbons (Fsp3) is 0.786. The molecule has 2 N–H and O–H groups in total. The van der Waals surface area contributed by atoms with Crippen molar-refractivity contribution >= 4 is 11.9 Å². The summed E-state index contributed by atoms with van der Waals surface area (Å²) in [6.45, 7) is 8.47. The van der Waals surface area contributed by atoms with Gasteiger partial charge in [-0.2, -0.15) is 15.0 Å². The number of hydrogen-bond donors (Lipinski definition) is 2. The van der Waals surface area contributed by atoms with E-state index >= 15 is 0 Å². The molecule has 7 heteroatoms. The highest BCUT2D eigenvalue weighted by molar-refractivity contribution is 5.35. The van der Waals surface area contributed by atoms with Crippen LogP contribution in [0.25, 0.3) is 0 Å². The molecular formula is C14H28N6O. The highest BCUT2D eigenvalue weighted by Gasteiger charge is 2.09. The van der Waals surface area contributed by atoms with Gasteiger partial charge in [0.2, 0.25) is 11.9 Å². The van der Waals surface area contributed by atoms with Crippen molar-refractivity contribution in [3.63, 3.8) is 0 Å². The Hall–Kier alpha value is -1.63. The van der Waals surface area contributed by atoms with Crippen LogP contribution in [0.3, 0.4) is 0 Å². The first kappa shape index (κ1) is 17.4. The lowest BCUT2D eigenvalue weighted by Crippen LogP contribution is -2.32. The molecule has 21 heavy (non-hydrogen) atoms. The van der Waals surface area contributed by atoms with E-state index in [1.165, 1.54) is 0 Å². The zero-order chi connectivity index (χ0) is 15.7. The molecule has 1 aromatic heterocycles. The molecule has 0 aliphatic heterocycles. The van der Waals surface area contributed by atoms with Crippen molar-refractivity contribution < 1.29 is 4.74 Å². The largest absolute Gasteiger partial charge is 0.463 e. The number of aromatic nitrogens is 3. The van der Waals surface area contributed by atoms with Crippen molar-refractivity contribution in [3.8, 4) is 6.01 Å². The molecule has 1 rings (SSSR count). The Morgan fingerprint density at radius 1 is 1.05 bits per heavy atom. The van der Waals surface area contributed by atoms with E-state index in [-0.39, 0.29) is 0 Å². The van der Waals surface area contributed by atoms with Crippen molar-refractivity contribution in [2.24, 2.45) is 0 Å². The predicted octanol–water partition coefficient (Wildman–Crippen LogP) is 1.84. The highest BCUT2D eigenvalue weighted by Crippen LogP contribution is 2.12. The van der Waals surface area contributed by atoms with Gasteiger partial charge in [-0.1, -0.05) is 13.8 Å². The molecule has 1 heterocycles.